The van der Waals surface area contributed by atoms with Crippen molar-refractivity contribution in [1.82, 2.24) is 0 Å². The summed E-state index contributed by atoms with van der Waals surface area (Å²) in [7, 11) is 2.44. The molecule has 0 saturated heterocycles. The number of hydrogen-bond acceptors (Lipinski definition) is 5. The molecule has 1 atom stereocenters. The summed E-state index contributed by atoms with van der Waals surface area (Å²) in [6.07, 6.45) is 3.77. The van der Waals surface area contributed by atoms with E-state index in [2.05, 4.69) is 9.47 Å². The molecule has 1 rings (SSSR count). The minimum atomic E-state index is -0.973. The molecule has 1 aliphatic carbocycles. The van der Waals surface area contributed by atoms with Crippen LogP contribution in [0.15, 0.2) is 12.2 Å². The standard InChI is InChI=1S/C11H14O5/c1-15-10(13)9(11(14)16-2)7-3-5-8(12)6-4-7/h3,5,7,9H,4,6H2,1-2H3/t7-/m0/s1. The Bertz CT molecular complexity index is 315. The Morgan fingerprint density at radius 1 is 1.31 bits per heavy atom. The van der Waals surface area contributed by atoms with Gasteiger partial charge in [0.2, 0.25) is 0 Å². The molecule has 0 amide bonds. The van der Waals surface area contributed by atoms with Crippen LogP contribution in [0.3, 0.4) is 0 Å². The van der Waals surface area contributed by atoms with Gasteiger partial charge in [-0.15, -0.1) is 0 Å². The Balaban J connectivity index is 2.85. The van der Waals surface area contributed by atoms with Crippen molar-refractivity contribution in [3.8, 4) is 0 Å². The Morgan fingerprint density at radius 3 is 2.25 bits per heavy atom. The summed E-state index contributed by atoms with van der Waals surface area (Å²) in [5.74, 6) is -2.55. The molecule has 16 heavy (non-hydrogen) atoms. The summed E-state index contributed by atoms with van der Waals surface area (Å²) in [6.45, 7) is 0. The van der Waals surface area contributed by atoms with Crippen LogP contribution in [0.25, 0.3) is 0 Å². The summed E-state index contributed by atoms with van der Waals surface area (Å²) in [5, 5.41) is 0. The minimum Gasteiger partial charge on any atom is -0.468 e. The van der Waals surface area contributed by atoms with Crippen molar-refractivity contribution in [3.63, 3.8) is 0 Å². The summed E-state index contributed by atoms with van der Waals surface area (Å²) in [4.78, 5) is 33.9. The van der Waals surface area contributed by atoms with Crippen molar-refractivity contribution in [2.45, 2.75) is 12.8 Å². The largest absolute Gasteiger partial charge is 0.468 e. The van der Waals surface area contributed by atoms with E-state index < -0.39 is 17.9 Å². The van der Waals surface area contributed by atoms with Gasteiger partial charge in [0.1, 0.15) is 0 Å². The van der Waals surface area contributed by atoms with Gasteiger partial charge >= 0.3 is 11.9 Å². The van der Waals surface area contributed by atoms with Crippen molar-refractivity contribution >= 4 is 17.7 Å². The van der Waals surface area contributed by atoms with Crippen LogP contribution in [0.2, 0.25) is 0 Å². The van der Waals surface area contributed by atoms with Crippen LogP contribution in [0, 0.1) is 11.8 Å². The first-order valence-electron chi connectivity index (χ1n) is 4.96. The first kappa shape index (κ1) is 12.4. The number of rotatable bonds is 3. The fourth-order valence-corrected chi connectivity index (χ4v) is 1.70. The van der Waals surface area contributed by atoms with Crippen LogP contribution in [0.4, 0.5) is 0 Å². The average Bonchev–Trinajstić information content (AvgIpc) is 2.31. The minimum absolute atomic E-state index is 0.00438. The smallest absolute Gasteiger partial charge is 0.320 e. The molecule has 0 saturated carbocycles. The molecule has 0 unspecified atom stereocenters. The Morgan fingerprint density at radius 2 is 1.88 bits per heavy atom. The molecule has 0 N–H and O–H groups in total. The number of carbonyl (C=O) groups excluding carboxylic acids is 3. The average molecular weight is 226 g/mol. The fraction of sp³-hybridized carbons (Fsp3) is 0.545. The van der Waals surface area contributed by atoms with Crippen molar-refractivity contribution in [3.05, 3.63) is 12.2 Å². The van der Waals surface area contributed by atoms with Crippen molar-refractivity contribution < 1.29 is 23.9 Å². The highest BCUT2D eigenvalue weighted by Crippen LogP contribution is 2.25. The SMILES string of the molecule is COC(=O)C(C(=O)OC)[C@H]1C=CC(=O)CC1. The Labute approximate surface area is 93.4 Å². The van der Waals surface area contributed by atoms with Gasteiger partial charge in [-0.2, -0.15) is 0 Å². The number of allylic oxidation sites excluding steroid dienone is 2. The lowest BCUT2D eigenvalue weighted by molar-refractivity contribution is -0.161. The predicted molar refractivity (Wildman–Crippen MR) is 54.4 cm³/mol. The summed E-state index contributed by atoms with van der Waals surface area (Å²) in [5.41, 5.74) is 0. The predicted octanol–water partition coefficient (Wildman–Crippen LogP) is 0.484. The van der Waals surface area contributed by atoms with Gasteiger partial charge in [0, 0.05) is 12.3 Å². The maximum Gasteiger partial charge on any atom is 0.320 e. The lowest BCUT2D eigenvalue weighted by atomic mass is 9.84. The molecule has 0 bridgehead atoms. The summed E-state index contributed by atoms with van der Waals surface area (Å²) >= 11 is 0. The fourth-order valence-electron chi connectivity index (χ4n) is 1.70. The molecule has 0 aromatic rings. The van der Waals surface area contributed by atoms with Crippen LogP contribution >= 0.6 is 0 Å². The topological polar surface area (TPSA) is 69.7 Å². The molecule has 0 fully saturated rings. The van der Waals surface area contributed by atoms with Gasteiger partial charge < -0.3 is 9.47 Å². The Kier molecular flexibility index (Phi) is 4.22. The van der Waals surface area contributed by atoms with Crippen LogP contribution in [-0.4, -0.2) is 31.9 Å². The van der Waals surface area contributed by atoms with Crippen molar-refractivity contribution in [2.24, 2.45) is 11.8 Å². The number of carbonyl (C=O) groups is 3. The summed E-state index contributed by atoms with van der Waals surface area (Å²) in [6, 6.07) is 0. The van der Waals surface area contributed by atoms with Crippen molar-refractivity contribution in [2.75, 3.05) is 14.2 Å². The third kappa shape index (κ3) is 2.68. The van der Waals surface area contributed by atoms with Crippen LogP contribution in [-0.2, 0) is 23.9 Å². The van der Waals surface area contributed by atoms with E-state index in [0.717, 1.165) is 0 Å². The Hall–Kier alpha value is -1.65. The molecular weight excluding hydrogens is 212 g/mol. The molecule has 5 nitrogen and oxygen atoms in total. The van der Waals surface area contributed by atoms with E-state index in [1.165, 1.54) is 20.3 Å². The van der Waals surface area contributed by atoms with E-state index in [0.29, 0.717) is 12.8 Å². The van der Waals surface area contributed by atoms with Gasteiger partial charge in [0.05, 0.1) is 14.2 Å². The maximum atomic E-state index is 11.5. The van der Waals surface area contributed by atoms with E-state index in [1.54, 1.807) is 6.08 Å². The number of methoxy groups -OCH3 is 2. The number of hydrogen-bond donors (Lipinski definition) is 0. The third-order valence-electron chi connectivity index (χ3n) is 2.59. The highest BCUT2D eigenvalue weighted by molar-refractivity contribution is 5.96. The van der Waals surface area contributed by atoms with Crippen LogP contribution in [0.5, 0.6) is 0 Å². The quantitative estimate of drug-likeness (QED) is 0.517. The number of ketones is 1. The summed E-state index contributed by atoms with van der Waals surface area (Å²) < 4.78 is 9.11. The molecule has 0 spiro atoms. The normalized spacial score (nSPS) is 19.7. The molecular formula is C11H14O5. The first-order chi connectivity index (χ1) is 7.60. The molecule has 0 aliphatic heterocycles. The second kappa shape index (κ2) is 5.44. The molecule has 0 aromatic carbocycles. The lowest BCUT2D eigenvalue weighted by Crippen LogP contribution is -2.33. The molecule has 5 heteroatoms. The monoisotopic (exact) mass is 226 g/mol. The van der Waals surface area contributed by atoms with E-state index in [9.17, 15) is 14.4 Å². The van der Waals surface area contributed by atoms with Gasteiger partial charge in [0.15, 0.2) is 11.7 Å². The second-order valence-corrected chi connectivity index (χ2v) is 3.55. The van der Waals surface area contributed by atoms with E-state index in [-0.39, 0.29) is 11.7 Å². The van der Waals surface area contributed by atoms with Gasteiger partial charge in [0.25, 0.3) is 0 Å². The van der Waals surface area contributed by atoms with Gasteiger partial charge in [-0.05, 0) is 12.5 Å². The molecule has 1 aliphatic rings. The highest BCUT2D eigenvalue weighted by Gasteiger charge is 2.36. The van der Waals surface area contributed by atoms with E-state index in [4.69, 9.17) is 0 Å². The van der Waals surface area contributed by atoms with Crippen molar-refractivity contribution in [1.29, 1.82) is 0 Å². The highest BCUT2D eigenvalue weighted by atomic mass is 16.5. The zero-order valence-electron chi connectivity index (χ0n) is 9.26. The second-order valence-electron chi connectivity index (χ2n) is 3.55. The van der Waals surface area contributed by atoms with Gasteiger partial charge in [-0.3, -0.25) is 14.4 Å². The van der Waals surface area contributed by atoms with Gasteiger partial charge in [-0.1, -0.05) is 6.08 Å². The number of ether oxygens (including phenoxy) is 2. The van der Waals surface area contributed by atoms with Crippen LogP contribution < -0.4 is 0 Å². The molecule has 88 valence electrons. The van der Waals surface area contributed by atoms with Crippen LogP contribution in [0.1, 0.15) is 12.8 Å². The zero-order chi connectivity index (χ0) is 12.1. The van der Waals surface area contributed by atoms with Gasteiger partial charge in [-0.25, -0.2) is 0 Å². The molecule has 0 radical (unpaired) electrons. The lowest BCUT2D eigenvalue weighted by Gasteiger charge is -2.22. The van der Waals surface area contributed by atoms with E-state index in [1.807, 2.05) is 0 Å². The molecule has 0 heterocycles. The third-order valence-corrected chi connectivity index (χ3v) is 2.59. The van der Waals surface area contributed by atoms with E-state index >= 15 is 0 Å². The number of esters is 2. The maximum absolute atomic E-state index is 11.5. The molecule has 0 aromatic heterocycles. The zero-order valence-corrected chi connectivity index (χ0v) is 9.26. The first-order valence-corrected chi connectivity index (χ1v) is 4.96.